The van der Waals surface area contributed by atoms with Crippen LogP contribution in [0.3, 0.4) is 0 Å². The minimum absolute atomic E-state index is 0.0357. The summed E-state index contributed by atoms with van der Waals surface area (Å²) in [6.45, 7) is 5.90. The molecule has 1 aromatic carbocycles. The molecule has 3 atom stereocenters. The molecule has 1 heterocycles. The zero-order valence-electron chi connectivity index (χ0n) is 17.7. The van der Waals surface area contributed by atoms with E-state index in [1.165, 1.54) is 32.4 Å². The van der Waals surface area contributed by atoms with Crippen LogP contribution in [-0.2, 0) is 0 Å². The Morgan fingerprint density at radius 3 is 2.37 bits per heavy atom. The lowest BCUT2D eigenvalue weighted by molar-refractivity contribution is -0.314. The van der Waals surface area contributed by atoms with Crippen molar-refractivity contribution in [1.82, 2.24) is 5.01 Å². The van der Waals surface area contributed by atoms with Crippen LogP contribution < -0.4 is 9.47 Å². The van der Waals surface area contributed by atoms with E-state index in [-0.39, 0.29) is 39.8 Å². The first-order valence-electron chi connectivity index (χ1n) is 9.77. The molecule has 0 saturated heterocycles. The first kappa shape index (κ1) is 22.4. The van der Waals surface area contributed by atoms with E-state index in [0.29, 0.717) is 18.6 Å². The minimum Gasteiger partial charge on any atom is -0.493 e. The average Bonchev–Trinajstić information content (AvgIpc) is 2.99. The first-order chi connectivity index (χ1) is 13.8. The Morgan fingerprint density at radius 2 is 1.83 bits per heavy atom. The van der Waals surface area contributed by atoms with E-state index >= 15 is 0 Å². The molecule has 1 amide bonds. The molecule has 6 nitrogen and oxygen atoms in total. The molecule has 1 fully saturated rings. The highest BCUT2D eigenvalue weighted by atomic mass is 19.4. The smallest absolute Gasteiger partial charge is 0.439 e. The number of amides is 1. The number of carbonyl (C=O) groups is 1. The van der Waals surface area contributed by atoms with Gasteiger partial charge in [-0.05, 0) is 48.8 Å². The molecule has 2 aliphatic rings. The van der Waals surface area contributed by atoms with Crippen molar-refractivity contribution in [3.63, 3.8) is 0 Å². The van der Waals surface area contributed by atoms with E-state index in [0.717, 1.165) is 0 Å². The third-order valence-corrected chi connectivity index (χ3v) is 6.17. The summed E-state index contributed by atoms with van der Waals surface area (Å²) in [7, 11) is 2.76. The molecule has 0 spiro atoms. The maximum atomic E-state index is 14.2. The number of carbonyl (C=O) groups excluding carboxylic acids is 1. The lowest BCUT2D eigenvalue weighted by atomic mass is 9.66. The standard InChI is InChI=1S/C21H27F3N2O4/c1-19(2,3)13-7-8-15-14(11-13)20(28,21(22,23)24)26(25-15)18(27)12-6-9-16(29-4)17(10-12)30-5/h6,9-10,13-14,28H,7-8,11H2,1-5H3/t13-,14-,20+/m0/s1. The van der Waals surface area contributed by atoms with Crippen LogP contribution in [0.25, 0.3) is 0 Å². The van der Waals surface area contributed by atoms with Crippen molar-refractivity contribution in [3.8, 4) is 11.5 Å². The maximum absolute atomic E-state index is 14.2. The van der Waals surface area contributed by atoms with E-state index in [9.17, 15) is 23.1 Å². The normalized spacial score (nSPS) is 26.8. The summed E-state index contributed by atoms with van der Waals surface area (Å²) >= 11 is 0. The fourth-order valence-corrected chi connectivity index (χ4v) is 4.30. The van der Waals surface area contributed by atoms with Crippen molar-refractivity contribution in [2.75, 3.05) is 14.2 Å². The highest BCUT2D eigenvalue weighted by Gasteiger charge is 2.69. The molecule has 3 rings (SSSR count). The number of aliphatic hydroxyl groups is 1. The number of hydrogen-bond acceptors (Lipinski definition) is 5. The van der Waals surface area contributed by atoms with E-state index in [1.54, 1.807) is 0 Å². The van der Waals surface area contributed by atoms with Crippen LogP contribution >= 0.6 is 0 Å². The molecular formula is C21H27F3N2O4. The summed E-state index contributed by atoms with van der Waals surface area (Å²) in [5.74, 6) is -1.86. The van der Waals surface area contributed by atoms with Gasteiger partial charge in [0.15, 0.2) is 11.5 Å². The lowest BCUT2D eigenvalue weighted by Gasteiger charge is -2.42. The second kappa shape index (κ2) is 7.44. The van der Waals surface area contributed by atoms with Crippen LogP contribution in [0.5, 0.6) is 11.5 Å². The van der Waals surface area contributed by atoms with Crippen molar-refractivity contribution in [1.29, 1.82) is 0 Å². The number of alkyl halides is 3. The molecule has 1 N–H and O–H groups in total. The second-order valence-electron chi connectivity index (χ2n) is 8.89. The van der Waals surface area contributed by atoms with Gasteiger partial charge >= 0.3 is 6.18 Å². The van der Waals surface area contributed by atoms with Crippen molar-refractivity contribution < 1.29 is 32.5 Å². The van der Waals surface area contributed by atoms with Crippen LogP contribution in [-0.4, -0.2) is 47.9 Å². The fraction of sp³-hybridized carbons (Fsp3) is 0.619. The van der Waals surface area contributed by atoms with E-state index in [1.807, 2.05) is 20.8 Å². The van der Waals surface area contributed by atoms with E-state index in [2.05, 4.69) is 5.10 Å². The summed E-state index contributed by atoms with van der Waals surface area (Å²) in [6.07, 6.45) is -4.01. The van der Waals surface area contributed by atoms with Crippen LogP contribution in [0, 0.1) is 17.3 Å². The topological polar surface area (TPSA) is 71.4 Å². The molecular weight excluding hydrogens is 401 g/mol. The molecule has 0 aromatic heterocycles. The number of fused-ring (bicyclic) bond motifs is 1. The summed E-state index contributed by atoms with van der Waals surface area (Å²) < 4.78 is 52.7. The summed E-state index contributed by atoms with van der Waals surface area (Å²) in [5, 5.41) is 15.1. The molecule has 1 aliphatic carbocycles. The number of hydrogen-bond donors (Lipinski definition) is 1. The molecule has 9 heteroatoms. The van der Waals surface area contributed by atoms with E-state index < -0.39 is 23.7 Å². The van der Waals surface area contributed by atoms with Gasteiger partial charge in [0, 0.05) is 11.3 Å². The third kappa shape index (κ3) is 3.53. The van der Waals surface area contributed by atoms with Gasteiger partial charge in [0.2, 0.25) is 0 Å². The molecule has 30 heavy (non-hydrogen) atoms. The molecule has 166 valence electrons. The van der Waals surface area contributed by atoms with Crippen molar-refractivity contribution >= 4 is 11.6 Å². The molecule has 0 bridgehead atoms. The Bertz CT molecular complexity index is 863. The Morgan fingerprint density at radius 1 is 1.20 bits per heavy atom. The van der Waals surface area contributed by atoms with Crippen LogP contribution in [0.4, 0.5) is 13.2 Å². The highest BCUT2D eigenvalue weighted by molar-refractivity contribution is 5.99. The Labute approximate surface area is 173 Å². The highest BCUT2D eigenvalue weighted by Crippen LogP contribution is 2.52. The van der Waals surface area contributed by atoms with Crippen LogP contribution in [0.2, 0.25) is 0 Å². The van der Waals surface area contributed by atoms with Gasteiger partial charge in [0.25, 0.3) is 11.6 Å². The number of hydrazone groups is 1. The summed E-state index contributed by atoms with van der Waals surface area (Å²) in [5.41, 5.74) is -3.50. The average molecular weight is 428 g/mol. The van der Waals surface area contributed by atoms with Crippen LogP contribution in [0.15, 0.2) is 23.3 Å². The quantitative estimate of drug-likeness (QED) is 0.782. The lowest BCUT2D eigenvalue weighted by Crippen LogP contribution is -2.62. The SMILES string of the molecule is COc1ccc(C(=O)N2N=C3CC[C@H](C(C)(C)C)C[C@@H]3[C@@]2(O)C(F)(F)F)cc1OC. The molecule has 1 aromatic rings. The Balaban J connectivity index is 2.02. The number of nitrogens with zero attached hydrogens (tertiary/aromatic N) is 2. The van der Waals surface area contributed by atoms with Crippen molar-refractivity contribution in [2.24, 2.45) is 22.4 Å². The predicted molar refractivity (Wildman–Crippen MR) is 104 cm³/mol. The number of methoxy groups -OCH3 is 2. The van der Waals surface area contributed by atoms with Crippen molar-refractivity contribution in [2.45, 2.75) is 51.9 Å². The van der Waals surface area contributed by atoms with Gasteiger partial charge in [-0.25, -0.2) is 0 Å². The molecule has 1 saturated carbocycles. The molecule has 1 aliphatic heterocycles. The summed E-state index contributed by atoms with van der Waals surface area (Å²) in [4.78, 5) is 13.1. The third-order valence-electron chi connectivity index (χ3n) is 6.17. The molecule has 0 unspecified atom stereocenters. The monoisotopic (exact) mass is 428 g/mol. The van der Waals surface area contributed by atoms with Gasteiger partial charge in [-0.15, -0.1) is 0 Å². The van der Waals surface area contributed by atoms with Gasteiger partial charge in [-0.3, -0.25) is 4.79 Å². The number of ether oxygens (including phenoxy) is 2. The maximum Gasteiger partial charge on any atom is 0.439 e. The summed E-state index contributed by atoms with van der Waals surface area (Å²) in [6, 6.07) is 4.02. The number of halogens is 3. The predicted octanol–water partition coefficient (Wildman–Crippen LogP) is 4.23. The molecule has 0 radical (unpaired) electrons. The zero-order valence-corrected chi connectivity index (χ0v) is 17.7. The van der Waals surface area contributed by atoms with E-state index in [4.69, 9.17) is 9.47 Å². The second-order valence-corrected chi connectivity index (χ2v) is 8.89. The largest absolute Gasteiger partial charge is 0.493 e. The van der Waals surface area contributed by atoms with Gasteiger partial charge in [0.05, 0.1) is 20.1 Å². The van der Waals surface area contributed by atoms with Crippen molar-refractivity contribution in [3.05, 3.63) is 23.8 Å². The number of benzene rings is 1. The van der Waals surface area contributed by atoms with Crippen LogP contribution in [0.1, 0.15) is 50.4 Å². The van der Waals surface area contributed by atoms with Gasteiger partial charge in [-0.1, -0.05) is 20.8 Å². The first-order valence-corrected chi connectivity index (χ1v) is 9.77. The Hall–Kier alpha value is -2.29. The zero-order chi connectivity index (χ0) is 22.5. The van der Waals surface area contributed by atoms with Gasteiger partial charge < -0.3 is 14.6 Å². The number of rotatable bonds is 3. The Kier molecular flexibility index (Phi) is 5.56. The van der Waals surface area contributed by atoms with Gasteiger partial charge in [0.1, 0.15) is 0 Å². The minimum atomic E-state index is -5.07. The fourth-order valence-electron chi connectivity index (χ4n) is 4.30. The van der Waals surface area contributed by atoms with Gasteiger partial charge in [-0.2, -0.15) is 23.3 Å².